The van der Waals surface area contributed by atoms with Crippen molar-refractivity contribution in [1.82, 2.24) is 5.32 Å². The first-order chi connectivity index (χ1) is 11.6. The lowest BCUT2D eigenvalue weighted by Crippen LogP contribution is -2.33. The van der Waals surface area contributed by atoms with E-state index in [2.05, 4.69) is 48.7 Å². The summed E-state index contributed by atoms with van der Waals surface area (Å²) >= 11 is 5.50. The van der Waals surface area contributed by atoms with Crippen molar-refractivity contribution in [3.8, 4) is 5.75 Å². The Labute approximate surface area is 150 Å². The zero-order valence-electron chi connectivity index (χ0n) is 14.6. The van der Waals surface area contributed by atoms with Crippen LogP contribution in [0.5, 0.6) is 5.75 Å². The molecule has 24 heavy (non-hydrogen) atoms. The minimum absolute atomic E-state index is 0.203. The first kappa shape index (κ1) is 18.3. The highest BCUT2D eigenvalue weighted by Crippen LogP contribution is 2.21. The van der Waals surface area contributed by atoms with E-state index >= 15 is 0 Å². The molecule has 0 heterocycles. The van der Waals surface area contributed by atoms with Gasteiger partial charge in [-0.05, 0) is 61.3 Å². The van der Waals surface area contributed by atoms with Crippen LogP contribution in [0.2, 0.25) is 0 Å². The summed E-state index contributed by atoms with van der Waals surface area (Å²) in [4.78, 5) is 0. The molecule has 2 rings (SSSR count). The Hall–Kier alpha value is -2.07. The molecule has 2 N–H and O–H groups in total. The van der Waals surface area contributed by atoms with E-state index < -0.39 is 0 Å². The highest BCUT2D eigenvalue weighted by molar-refractivity contribution is 7.80. The molecule has 0 aromatic heterocycles. The smallest absolute Gasteiger partial charge is 0.171 e. The maximum absolute atomic E-state index is 5.50. The SMILES string of the molecule is CCOc1ccc(NC(=S)N[C@@H](CC(C)C)c2ccccc2)cc1. The van der Waals surface area contributed by atoms with Gasteiger partial charge in [-0.25, -0.2) is 0 Å². The molecule has 0 radical (unpaired) electrons. The van der Waals surface area contributed by atoms with Gasteiger partial charge < -0.3 is 15.4 Å². The molecule has 0 spiro atoms. The molecule has 2 aromatic carbocycles. The molecule has 4 heteroatoms. The fourth-order valence-corrected chi connectivity index (χ4v) is 2.82. The molecule has 2 aromatic rings. The zero-order chi connectivity index (χ0) is 17.4. The minimum Gasteiger partial charge on any atom is -0.494 e. The lowest BCUT2D eigenvalue weighted by Gasteiger charge is -2.23. The van der Waals surface area contributed by atoms with E-state index in [1.807, 2.05) is 37.3 Å². The Morgan fingerprint density at radius 1 is 1.04 bits per heavy atom. The highest BCUT2D eigenvalue weighted by Gasteiger charge is 2.14. The second-order valence-corrected chi connectivity index (χ2v) is 6.56. The van der Waals surface area contributed by atoms with Crippen LogP contribution >= 0.6 is 12.2 Å². The lowest BCUT2D eigenvalue weighted by molar-refractivity contribution is 0.340. The minimum atomic E-state index is 0.203. The maximum atomic E-state index is 5.50. The van der Waals surface area contributed by atoms with Gasteiger partial charge in [0.2, 0.25) is 0 Å². The molecule has 0 aliphatic rings. The van der Waals surface area contributed by atoms with Crippen molar-refractivity contribution in [2.75, 3.05) is 11.9 Å². The predicted octanol–water partition coefficient (Wildman–Crippen LogP) is 5.16. The molecule has 0 aliphatic heterocycles. The van der Waals surface area contributed by atoms with Gasteiger partial charge in [-0.15, -0.1) is 0 Å². The molecule has 1 atom stereocenters. The summed E-state index contributed by atoms with van der Waals surface area (Å²) in [6.45, 7) is 7.09. The van der Waals surface area contributed by atoms with Crippen LogP contribution < -0.4 is 15.4 Å². The topological polar surface area (TPSA) is 33.3 Å². The number of anilines is 1. The van der Waals surface area contributed by atoms with Crippen molar-refractivity contribution in [2.24, 2.45) is 5.92 Å². The standard InChI is InChI=1S/C20H26N2OS/c1-4-23-18-12-10-17(11-13-18)21-20(24)22-19(14-15(2)3)16-8-6-5-7-9-16/h5-13,15,19H,4,14H2,1-3H3,(H2,21,22,24)/t19-/m0/s1. The number of ether oxygens (including phenoxy) is 1. The molecular formula is C20H26N2OS. The average molecular weight is 343 g/mol. The monoisotopic (exact) mass is 342 g/mol. The first-order valence-electron chi connectivity index (χ1n) is 8.43. The largest absolute Gasteiger partial charge is 0.494 e. The molecule has 0 aliphatic carbocycles. The Bertz CT molecular complexity index is 626. The van der Waals surface area contributed by atoms with Crippen LogP contribution in [-0.4, -0.2) is 11.7 Å². The molecule has 0 amide bonds. The second-order valence-electron chi connectivity index (χ2n) is 6.15. The van der Waals surface area contributed by atoms with Crippen molar-refractivity contribution in [3.05, 3.63) is 60.2 Å². The van der Waals surface area contributed by atoms with Crippen molar-refractivity contribution in [2.45, 2.75) is 33.2 Å². The summed E-state index contributed by atoms with van der Waals surface area (Å²) < 4.78 is 5.46. The average Bonchev–Trinajstić information content (AvgIpc) is 2.57. The van der Waals surface area contributed by atoms with Crippen LogP contribution in [0.1, 0.15) is 38.8 Å². The van der Waals surface area contributed by atoms with E-state index in [1.54, 1.807) is 0 Å². The van der Waals surface area contributed by atoms with Crippen LogP contribution in [-0.2, 0) is 0 Å². The van der Waals surface area contributed by atoms with E-state index in [9.17, 15) is 0 Å². The third kappa shape index (κ3) is 5.85. The van der Waals surface area contributed by atoms with E-state index in [1.165, 1.54) is 5.56 Å². The number of hydrogen-bond donors (Lipinski definition) is 2. The van der Waals surface area contributed by atoms with Crippen LogP contribution in [0.15, 0.2) is 54.6 Å². The van der Waals surface area contributed by atoms with Gasteiger partial charge in [-0.2, -0.15) is 0 Å². The second kappa shape index (κ2) is 9.28. The zero-order valence-corrected chi connectivity index (χ0v) is 15.4. The molecule has 0 saturated heterocycles. The van der Waals surface area contributed by atoms with Crippen molar-refractivity contribution in [3.63, 3.8) is 0 Å². The van der Waals surface area contributed by atoms with Crippen LogP contribution in [0.25, 0.3) is 0 Å². The Kier molecular flexibility index (Phi) is 7.07. The fraction of sp³-hybridized carbons (Fsp3) is 0.350. The summed E-state index contributed by atoms with van der Waals surface area (Å²) in [5.41, 5.74) is 2.20. The molecule has 0 bridgehead atoms. The number of hydrogen-bond acceptors (Lipinski definition) is 2. The van der Waals surface area contributed by atoms with Gasteiger partial charge in [0.05, 0.1) is 12.6 Å². The first-order valence-corrected chi connectivity index (χ1v) is 8.84. The van der Waals surface area contributed by atoms with Gasteiger partial charge in [0.15, 0.2) is 5.11 Å². The van der Waals surface area contributed by atoms with Gasteiger partial charge in [-0.1, -0.05) is 44.2 Å². The van der Waals surface area contributed by atoms with E-state index in [0.717, 1.165) is 17.9 Å². The van der Waals surface area contributed by atoms with Gasteiger partial charge in [0.1, 0.15) is 5.75 Å². The van der Waals surface area contributed by atoms with Crippen LogP contribution in [0, 0.1) is 5.92 Å². The third-order valence-corrected chi connectivity index (χ3v) is 3.86. The number of benzene rings is 2. The van der Waals surface area contributed by atoms with Gasteiger partial charge in [0, 0.05) is 5.69 Å². The van der Waals surface area contributed by atoms with Gasteiger partial charge in [-0.3, -0.25) is 0 Å². The molecule has 0 unspecified atom stereocenters. The van der Waals surface area contributed by atoms with Crippen LogP contribution in [0.4, 0.5) is 5.69 Å². The number of rotatable bonds is 7. The molecule has 0 fully saturated rings. The Morgan fingerprint density at radius 2 is 1.71 bits per heavy atom. The summed E-state index contributed by atoms with van der Waals surface area (Å²) in [5, 5.41) is 7.32. The summed E-state index contributed by atoms with van der Waals surface area (Å²) in [7, 11) is 0. The van der Waals surface area contributed by atoms with E-state index in [0.29, 0.717) is 17.6 Å². The molecule has 0 saturated carbocycles. The Balaban J connectivity index is 1.99. The summed E-state index contributed by atoms with van der Waals surface area (Å²) in [5.74, 6) is 1.44. The van der Waals surface area contributed by atoms with Crippen LogP contribution in [0.3, 0.4) is 0 Å². The normalized spacial score (nSPS) is 11.8. The van der Waals surface area contributed by atoms with E-state index in [4.69, 9.17) is 17.0 Å². The summed E-state index contributed by atoms with van der Waals surface area (Å²) in [6, 6.07) is 18.5. The number of thiocarbonyl (C=S) groups is 1. The van der Waals surface area contributed by atoms with Crippen molar-refractivity contribution in [1.29, 1.82) is 0 Å². The van der Waals surface area contributed by atoms with Crippen molar-refractivity contribution >= 4 is 23.0 Å². The summed E-state index contributed by atoms with van der Waals surface area (Å²) in [6.07, 6.45) is 1.02. The lowest BCUT2D eigenvalue weighted by atomic mass is 9.97. The Morgan fingerprint density at radius 3 is 2.29 bits per heavy atom. The molecule has 3 nitrogen and oxygen atoms in total. The van der Waals surface area contributed by atoms with Gasteiger partial charge >= 0.3 is 0 Å². The maximum Gasteiger partial charge on any atom is 0.171 e. The number of nitrogens with one attached hydrogen (secondary N) is 2. The van der Waals surface area contributed by atoms with E-state index in [-0.39, 0.29) is 6.04 Å². The fourth-order valence-electron chi connectivity index (χ4n) is 2.56. The molecule has 128 valence electrons. The predicted molar refractivity (Wildman–Crippen MR) is 106 cm³/mol. The quantitative estimate of drug-likeness (QED) is 0.681. The molecular weight excluding hydrogens is 316 g/mol. The third-order valence-electron chi connectivity index (χ3n) is 3.64. The highest BCUT2D eigenvalue weighted by atomic mass is 32.1. The van der Waals surface area contributed by atoms with Crippen molar-refractivity contribution < 1.29 is 4.74 Å². The van der Waals surface area contributed by atoms with Gasteiger partial charge in [0.25, 0.3) is 0 Å².